The van der Waals surface area contributed by atoms with Gasteiger partial charge in [0, 0.05) is 24.2 Å². The zero-order valence-electron chi connectivity index (χ0n) is 13.1. The molecule has 0 saturated heterocycles. The Morgan fingerprint density at radius 2 is 2.04 bits per heavy atom. The first kappa shape index (κ1) is 14.3. The monoisotopic (exact) mass is 320 g/mol. The van der Waals surface area contributed by atoms with Gasteiger partial charge >= 0.3 is 0 Å². The van der Waals surface area contributed by atoms with E-state index in [1.807, 2.05) is 42.5 Å². The molecule has 0 aliphatic carbocycles. The Balaban J connectivity index is 1.63. The quantitative estimate of drug-likeness (QED) is 0.608. The summed E-state index contributed by atoms with van der Waals surface area (Å²) in [5, 5.41) is 7.75. The van der Waals surface area contributed by atoms with Crippen molar-refractivity contribution in [2.75, 3.05) is 12.4 Å². The molecule has 24 heavy (non-hydrogen) atoms. The van der Waals surface area contributed by atoms with Crippen molar-refractivity contribution in [2.24, 2.45) is 0 Å². The summed E-state index contributed by atoms with van der Waals surface area (Å²) in [7, 11) is 1.66. The van der Waals surface area contributed by atoms with Crippen LogP contribution in [0.25, 0.3) is 16.9 Å². The number of nitrogens with one attached hydrogen (secondary N) is 1. The van der Waals surface area contributed by atoms with Crippen LogP contribution in [0, 0.1) is 0 Å². The minimum Gasteiger partial charge on any atom is -0.497 e. The van der Waals surface area contributed by atoms with E-state index >= 15 is 0 Å². The van der Waals surface area contributed by atoms with E-state index in [9.17, 15) is 0 Å². The van der Waals surface area contributed by atoms with Gasteiger partial charge in [-0.25, -0.2) is 4.98 Å². The number of hydrogen-bond acceptors (Lipinski definition) is 5. The largest absolute Gasteiger partial charge is 0.497 e. The summed E-state index contributed by atoms with van der Waals surface area (Å²) in [6.07, 6.45) is 5.06. The lowest BCUT2D eigenvalue weighted by atomic mass is 10.2. The molecule has 4 rings (SSSR count). The minimum atomic E-state index is 0.674. The van der Waals surface area contributed by atoms with E-state index < -0.39 is 0 Å². The molecular formula is C18H16N4O2. The van der Waals surface area contributed by atoms with Gasteiger partial charge in [0.25, 0.3) is 0 Å². The Morgan fingerprint density at radius 3 is 2.79 bits per heavy atom. The van der Waals surface area contributed by atoms with Crippen LogP contribution >= 0.6 is 0 Å². The summed E-state index contributed by atoms with van der Waals surface area (Å²) in [5.74, 6) is 1.72. The molecule has 0 spiro atoms. The zero-order chi connectivity index (χ0) is 16.4. The fourth-order valence-electron chi connectivity index (χ4n) is 2.53. The number of hydrogen-bond donors (Lipinski definition) is 1. The van der Waals surface area contributed by atoms with E-state index in [0.29, 0.717) is 6.54 Å². The maximum absolute atomic E-state index is 5.18. The van der Waals surface area contributed by atoms with Crippen LogP contribution in [0.2, 0.25) is 0 Å². The molecule has 0 bridgehead atoms. The van der Waals surface area contributed by atoms with Gasteiger partial charge < -0.3 is 14.5 Å². The molecule has 0 atom stereocenters. The molecule has 4 aromatic rings. The van der Waals surface area contributed by atoms with Crippen LogP contribution in [-0.2, 0) is 6.54 Å². The topological polar surface area (TPSA) is 64.6 Å². The number of ether oxygens (including phenoxy) is 1. The number of furan rings is 1. The van der Waals surface area contributed by atoms with Gasteiger partial charge in [-0.2, -0.15) is 9.61 Å². The first-order chi connectivity index (χ1) is 11.8. The van der Waals surface area contributed by atoms with Crippen molar-refractivity contribution in [3.63, 3.8) is 0 Å². The van der Waals surface area contributed by atoms with E-state index in [-0.39, 0.29) is 0 Å². The third-order valence-corrected chi connectivity index (χ3v) is 3.81. The Kier molecular flexibility index (Phi) is 3.63. The van der Waals surface area contributed by atoms with Crippen LogP contribution in [0.4, 0.5) is 5.82 Å². The standard InChI is InChI=1S/C18H16N4O2/c1-23-15-4-2-13(3-5-15)11-19-18-10-16(14-7-9-24-12-14)21-17-6-8-20-22(17)18/h2-10,12,19H,11H2,1H3. The second kappa shape index (κ2) is 6.08. The smallest absolute Gasteiger partial charge is 0.157 e. The van der Waals surface area contributed by atoms with Crippen LogP contribution in [0.15, 0.2) is 65.6 Å². The second-order valence-corrected chi connectivity index (χ2v) is 5.34. The van der Waals surface area contributed by atoms with Gasteiger partial charge in [0.05, 0.1) is 31.5 Å². The predicted molar refractivity (Wildman–Crippen MR) is 91.0 cm³/mol. The van der Waals surface area contributed by atoms with Gasteiger partial charge in [-0.1, -0.05) is 12.1 Å². The molecular weight excluding hydrogens is 304 g/mol. The lowest BCUT2D eigenvalue weighted by Gasteiger charge is -2.10. The fraction of sp³-hybridized carbons (Fsp3) is 0.111. The Bertz CT molecular complexity index is 943. The van der Waals surface area contributed by atoms with E-state index in [0.717, 1.165) is 34.0 Å². The molecule has 0 aliphatic rings. The summed E-state index contributed by atoms with van der Waals surface area (Å²) in [5.41, 5.74) is 3.71. The van der Waals surface area contributed by atoms with Crippen LogP contribution in [0.3, 0.4) is 0 Å². The van der Waals surface area contributed by atoms with Crippen molar-refractivity contribution in [1.29, 1.82) is 0 Å². The predicted octanol–water partition coefficient (Wildman–Crippen LogP) is 3.61. The number of aromatic nitrogens is 3. The highest BCUT2D eigenvalue weighted by Gasteiger charge is 2.09. The minimum absolute atomic E-state index is 0.674. The number of methoxy groups -OCH3 is 1. The van der Waals surface area contributed by atoms with E-state index in [2.05, 4.69) is 15.4 Å². The summed E-state index contributed by atoms with van der Waals surface area (Å²) < 4.78 is 12.1. The fourth-order valence-corrected chi connectivity index (χ4v) is 2.53. The highest BCUT2D eigenvalue weighted by atomic mass is 16.5. The van der Waals surface area contributed by atoms with Crippen molar-refractivity contribution < 1.29 is 9.15 Å². The molecule has 6 heteroatoms. The van der Waals surface area contributed by atoms with E-state index in [1.54, 1.807) is 30.3 Å². The maximum Gasteiger partial charge on any atom is 0.157 e. The zero-order valence-corrected chi connectivity index (χ0v) is 13.1. The highest BCUT2D eigenvalue weighted by Crippen LogP contribution is 2.23. The maximum atomic E-state index is 5.18. The normalized spacial score (nSPS) is 10.9. The molecule has 120 valence electrons. The number of anilines is 1. The summed E-state index contributed by atoms with van der Waals surface area (Å²) in [6.45, 7) is 0.674. The average molecular weight is 320 g/mol. The highest BCUT2D eigenvalue weighted by molar-refractivity contribution is 5.65. The van der Waals surface area contributed by atoms with Crippen molar-refractivity contribution >= 4 is 11.5 Å². The number of benzene rings is 1. The Labute approximate surface area is 138 Å². The van der Waals surface area contributed by atoms with Crippen molar-refractivity contribution in [3.05, 3.63) is 66.8 Å². The van der Waals surface area contributed by atoms with Gasteiger partial charge in [-0.3, -0.25) is 0 Å². The average Bonchev–Trinajstić information content (AvgIpc) is 3.31. The molecule has 0 amide bonds. The summed E-state index contributed by atoms with van der Waals surface area (Å²) in [4.78, 5) is 4.60. The number of nitrogens with zero attached hydrogens (tertiary/aromatic N) is 3. The number of fused-ring (bicyclic) bond motifs is 1. The first-order valence-corrected chi connectivity index (χ1v) is 7.57. The van der Waals surface area contributed by atoms with Crippen LogP contribution < -0.4 is 10.1 Å². The second-order valence-electron chi connectivity index (χ2n) is 5.34. The first-order valence-electron chi connectivity index (χ1n) is 7.57. The third-order valence-electron chi connectivity index (χ3n) is 3.81. The van der Waals surface area contributed by atoms with Crippen LogP contribution in [0.5, 0.6) is 5.75 Å². The SMILES string of the molecule is COc1ccc(CNc2cc(-c3ccoc3)nc3ccnn23)cc1. The lowest BCUT2D eigenvalue weighted by molar-refractivity contribution is 0.414. The molecule has 0 saturated carbocycles. The lowest BCUT2D eigenvalue weighted by Crippen LogP contribution is -2.06. The third kappa shape index (κ3) is 2.69. The van der Waals surface area contributed by atoms with Gasteiger partial charge in [0.1, 0.15) is 11.6 Å². The molecule has 6 nitrogen and oxygen atoms in total. The molecule has 0 unspecified atom stereocenters. The molecule has 3 heterocycles. The molecule has 1 aromatic carbocycles. The molecule has 1 N–H and O–H groups in total. The Morgan fingerprint density at radius 1 is 1.17 bits per heavy atom. The molecule has 0 fully saturated rings. The Hall–Kier alpha value is -3.28. The summed E-state index contributed by atoms with van der Waals surface area (Å²) in [6, 6.07) is 13.7. The van der Waals surface area contributed by atoms with Crippen molar-refractivity contribution in [3.8, 4) is 17.0 Å². The van der Waals surface area contributed by atoms with Crippen LogP contribution in [-0.4, -0.2) is 21.7 Å². The van der Waals surface area contributed by atoms with Crippen LogP contribution in [0.1, 0.15) is 5.56 Å². The van der Waals surface area contributed by atoms with Crippen molar-refractivity contribution in [1.82, 2.24) is 14.6 Å². The summed E-state index contributed by atoms with van der Waals surface area (Å²) >= 11 is 0. The van der Waals surface area contributed by atoms with Gasteiger partial charge in [0.2, 0.25) is 0 Å². The molecule has 0 radical (unpaired) electrons. The van der Waals surface area contributed by atoms with Crippen molar-refractivity contribution in [2.45, 2.75) is 6.54 Å². The van der Waals surface area contributed by atoms with Gasteiger partial charge in [-0.15, -0.1) is 0 Å². The van der Waals surface area contributed by atoms with E-state index in [1.165, 1.54) is 0 Å². The van der Waals surface area contributed by atoms with E-state index in [4.69, 9.17) is 9.15 Å². The molecule has 0 aliphatic heterocycles. The van der Waals surface area contributed by atoms with Gasteiger partial charge in [-0.05, 0) is 23.8 Å². The molecule has 3 aromatic heterocycles. The van der Waals surface area contributed by atoms with Gasteiger partial charge in [0.15, 0.2) is 5.65 Å². The number of rotatable bonds is 5.